The molecule has 5 nitrogen and oxygen atoms in total. The minimum absolute atomic E-state index is 0. The van der Waals surface area contributed by atoms with Gasteiger partial charge in [0, 0.05) is 37.5 Å². The van der Waals surface area contributed by atoms with Crippen LogP contribution in [0.3, 0.4) is 0 Å². The molecule has 1 fully saturated rings. The van der Waals surface area contributed by atoms with Crippen molar-refractivity contribution >= 4 is 12.4 Å². The maximum absolute atomic E-state index is 6.03. The van der Waals surface area contributed by atoms with E-state index in [1.165, 1.54) is 5.56 Å². The van der Waals surface area contributed by atoms with E-state index < -0.39 is 0 Å². The third kappa shape index (κ3) is 4.56. The van der Waals surface area contributed by atoms with Crippen molar-refractivity contribution in [2.75, 3.05) is 26.2 Å². The highest BCUT2D eigenvalue weighted by Gasteiger charge is 2.32. The van der Waals surface area contributed by atoms with E-state index in [0.29, 0.717) is 23.6 Å². The molecule has 0 saturated carbocycles. The van der Waals surface area contributed by atoms with Gasteiger partial charge in [0.15, 0.2) is 0 Å². The first-order chi connectivity index (χ1) is 12.8. The molecular weight excluding hydrogens is 360 g/mol. The molecule has 0 aliphatic carbocycles. The van der Waals surface area contributed by atoms with Crippen LogP contribution in [0, 0.1) is 5.92 Å². The Morgan fingerprint density at radius 3 is 2.41 bits per heavy atom. The molecule has 1 aliphatic rings. The van der Waals surface area contributed by atoms with Gasteiger partial charge >= 0.3 is 0 Å². The summed E-state index contributed by atoms with van der Waals surface area (Å²) in [4.78, 5) is 6.99. The van der Waals surface area contributed by atoms with E-state index >= 15 is 0 Å². The topological polar surface area (TPSA) is 68.2 Å². The van der Waals surface area contributed by atoms with Gasteiger partial charge in [-0.2, -0.15) is 4.98 Å². The van der Waals surface area contributed by atoms with E-state index in [1.54, 1.807) is 0 Å². The molecule has 2 N–H and O–H groups in total. The largest absolute Gasteiger partial charge is 0.339 e. The standard InChI is InChI=1S/C21H24N4O.ClH/c22-13-18-14-25(15-19(18)16-7-3-1-4-8-16)12-11-20-23-21(24-26-20)17-9-5-2-6-10-17;/h1-10,18-19H,11-15,22H2;1H/t18-,19+;/m1./s1. The van der Waals surface area contributed by atoms with Crippen molar-refractivity contribution in [1.29, 1.82) is 0 Å². The van der Waals surface area contributed by atoms with Crippen molar-refractivity contribution in [3.8, 4) is 11.4 Å². The number of hydrogen-bond acceptors (Lipinski definition) is 5. The SMILES string of the molecule is Cl.NC[C@@H]1CN(CCc2nc(-c3ccccc3)no2)C[C@H]1c1ccccc1. The summed E-state index contributed by atoms with van der Waals surface area (Å²) in [5, 5.41) is 4.10. The van der Waals surface area contributed by atoms with Crippen molar-refractivity contribution in [1.82, 2.24) is 15.0 Å². The summed E-state index contributed by atoms with van der Waals surface area (Å²) in [6.45, 7) is 3.69. The molecule has 2 atom stereocenters. The zero-order valence-corrected chi connectivity index (χ0v) is 16.0. The Hall–Kier alpha value is -2.21. The summed E-state index contributed by atoms with van der Waals surface area (Å²) < 4.78 is 5.43. The Morgan fingerprint density at radius 1 is 1.00 bits per heavy atom. The molecule has 6 heteroatoms. The average molecular weight is 385 g/mol. The number of benzene rings is 2. The average Bonchev–Trinajstić information content (AvgIpc) is 3.35. The first-order valence-electron chi connectivity index (χ1n) is 9.19. The Balaban J connectivity index is 0.00000210. The van der Waals surface area contributed by atoms with Crippen LogP contribution in [0.5, 0.6) is 0 Å². The summed E-state index contributed by atoms with van der Waals surface area (Å²) in [6, 6.07) is 20.6. The minimum Gasteiger partial charge on any atom is -0.339 e. The number of nitrogens with two attached hydrogens (primary N) is 1. The molecule has 0 radical (unpaired) electrons. The van der Waals surface area contributed by atoms with Crippen LogP contribution in [0.15, 0.2) is 65.2 Å². The molecule has 3 aromatic rings. The molecule has 1 saturated heterocycles. The maximum atomic E-state index is 6.03. The Bertz CT molecular complexity index is 824. The minimum atomic E-state index is 0. The summed E-state index contributed by atoms with van der Waals surface area (Å²) in [5.41, 5.74) is 8.40. The second-order valence-electron chi connectivity index (χ2n) is 6.90. The van der Waals surface area contributed by atoms with Crippen molar-refractivity contribution < 1.29 is 4.52 Å². The molecule has 0 spiro atoms. The lowest BCUT2D eigenvalue weighted by molar-refractivity contribution is 0.302. The fraction of sp³-hybridized carbons (Fsp3) is 0.333. The lowest BCUT2D eigenvalue weighted by atomic mass is 9.89. The first-order valence-corrected chi connectivity index (χ1v) is 9.19. The van der Waals surface area contributed by atoms with Crippen LogP contribution in [0.1, 0.15) is 17.4 Å². The molecule has 1 aromatic heterocycles. The molecule has 0 amide bonds. The zero-order chi connectivity index (χ0) is 17.8. The third-order valence-electron chi connectivity index (χ3n) is 5.19. The van der Waals surface area contributed by atoms with Gasteiger partial charge in [-0.1, -0.05) is 65.8 Å². The van der Waals surface area contributed by atoms with Gasteiger partial charge in [-0.25, -0.2) is 0 Å². The van der Waals surface area contributed by atoms with E-state index in [-0.39, 0.29) is 12.4 Å². The summed E-state index contributed by atoms with van der Waals surface area (Å²) >= 11 is 0. The van der Waals surface area contributed by atoms with Gasteiger partial charge in [-0.15, -0.1) is 12.4 Å². The van der Waals surface area contributed by atoms with Crippen LogP contribution >= 0.6 is 12.4 Å². The molecule has 0 bridgehead atoms. The predicted molar refractivity (Wildman–Crippen MR) is 109 cm³/mol. The smallest absolute Gasteiger partial charge is 0.228 e. The molecule has 2 aromatic carbocycles. The van der Waals surface area contributed by atoms with Gasteiger partial charge in [0.1, 0.15) is 0 Å². The summed E-state index contributed by atoms with van der Waals surface area (Å²) in [6.07, 6.45) is 0.763. The van der Waals surface area contributed by atoms with Gasteiger partial charge in [-0.05, 0) is 18.0 Å². The van der Waals surface area contributed by atoms with E-state index in [9.17, 15) is 0 Å². The molecule has 27 heavy (non-hydrogen) atoms. The monoisotopic (exact) mass is 384 g/mol. The number of aromatic nitrogens is 2. The molecule has 142 valence electrons. The fourth-order valence-electron chi connectivity index (χ4n) is 3.77. The summed E-state index contributed by atoms with van der Waals surface area (Å²) in [5.74, 6) is 2.35. The fourth-order valence-corrected chi connectivity index (χ4v) is 3.77. The van der Waals surface area contributed by atoms with E-state index in [4.69, 9.17) is 10.3 Å². The Kier molecular flexibility index (Phi) is 6.61. The van der Waals surface area contributed by atoms with E-state index in [0.717, 1.165) is 38.2 Å². The number of hydrogen-bond donors (Lipinski definition) is 1. The second-order valence-corrected chi connectivity index (χ2v) is 6.90. The Morgan fingerprint density at radius 2 is 1.70 bits per heavy atom. The van der Waals surface area contributed by atoms with Crippen LogP contribution < -0.4 is 5.73 Å². The zero-order valence-electron chi connectivity index (χ0n) is 15.2. The van der Waals surface area contributed by atoms with Gasteiger partial charge < -0.3 is 15.2 Å². The highest BCUT2D eigenvalue weighted by molar-refractivity contribution is 5.85. The highest BCUT2D eigenvalue weighted by atomic mass is 35.5. The molecule has 1 aliphatic heterocycles. The van der Waals surface area contributed by atoms with E-state index in [1.807, 2.05) is 30.3 Å². The van der Waals surface area contributed by atoms with Crippen molar-refractivity contribution in [3.05, 3.63) is 72.1 Å². The number of halogens is 1. The van der Waals surface area contributed by atoms with Crippen LogP contribution in [-0.4, -0.2) is 41.2 Å². The van der Waals surface area contributed by atoms with Crippen molar-refractivity contribution in [3.63, 3.8) is 0 Å². The number of nitrogens with zero attached hydrogens (tertiary/aromatic N) is 3. The quantitative estimate of drug-likeness (QED) is 0.705. The van der Waals surface area contributed by atoms with Crippen LogP contribution in [-0.2, 0) is 6.42 Å². The molecule has 0 unspecified atom stereocenters. The Labute approximate surface area is 166 Å². The van der Waals surface area contributed by atoms with Crippen molar-refractivity contribution in [2.45, 2.75) is 12.3 Å². The highest BCUT2D eigenvalue weighted by Crippen LogP contribution is 2.32. The van der Waals surface area contributed by atoms with Gasteiger partial charge in [0.05, 0.1) is 0 Å². The second kappa shape index (κ2) is 9.13. The van der Waals surface area contributed by atoms with Gasteiger partial charge in [0.2, 0.25) is 11.7 Å². The van der Waals surface area contributed by atoms with E-state index in [2.05, 4.69) is 45.4 Å². The van der Waals surface area contributed by atoms with Gasteiger partial charge in [0.25, 0.3) is 0 Å². The number of likely N-dealkylation sites (tertiary alicyclic amines) is 1. The van der Waals surface area contributed by atoms with Crippen molar-refractivity contribution in [2.24, 2.45) is 11.7 Å². The van der Waals surface area contributed by atoms with Crippen LogP contribution in [0.25, 0.3) is 11.4 Å². The number of rotatable bonds is 6. The van der Waals surface area contributed by atoms with Crippen LogP contribution in [0.4, 0.5) is 0 Å². The molecule has 2 heterocycles. The molecular formula is C21H25ClN4O. The molecule has 4 rings (SSSR count). The maximum Gasteiger partial charge on any atom is 0.228 e. The first kappa shape index (κ1) is 19.5. The lowest BCUT2D eigenvalue weighted by Crippen LogP contribution is -2.25. The lowest BCUT2D eigenvalue weighted by Gasteiger charge is -2.16. The predicted octanol–water partition coefficient (Wildman–Crippen LogP) is 3.38. The summed E-state index contributed by atoms with van der Waals surface area (Å²) in [7, 11) is 0. The normalized spacial score (nSPS) is 19.7. The van der Waals surface area contributed by atoms with Gasteiger partial charge in [-0.3, -0.25) is 0 Å². The van der Waals surface area contributed by atoms with Crippen LogP contribution in [0.2, 0.25) is 0 Å². The third-order valence-corrected chi connectivity index (χ3v) is 5.19.